The molecular weight excluding hydrogens is 230 g/mol. The fourth-order valence-electron chi connectivity index (χ4n) is 1.00. The number of halogens is 1. The Kier molecular flexibility index (Phi) is 4.09. The van der Waals surface area contributed by atoms with E-state index in [9.17, 15) is 4.79 Å². The third kappa shape index (κ3) is 2.84. The fraction of sp³-hybridized carbons (Fsp3) is 0.300. The molecular formula is C10H10ClN3O2. The molecule has 1 unspecified atom stereocenters. The molecule has 6 heteroatoms. The molecule has 0 aromatic carbocycles. The van der Waals surface area contributed by atoms with E-state index < -0.39 is 5.97 Å². The molecule has 0 bridgehead atoms. The number of terminal acetylenes is 1. The van der Waals surface area contributed by atoms with Gasteiger partial charge in [-0.1, -0.05) is 24.4 Å². The number of hydrogen-bond acceptors (Lipinski definition) is 4. The van der Waals surface area contributed by atoms with Crippen LogP contribution in [0.1, 0.15) is 23.8 Å². The summed E-state index contributed by atoms with van der Waals surface area (Å²) >= 11 is 5.62. The average molecular weight is 240 g/mol. The van der Waals surface area contributed by atoms with Crippen LogP contribution in [0.5, 0.6) is 0 Å². The van der Waals surface area contributed by atoms with Gasteiger partial charge >= 0.3 is 5.97 Å². The highest BCUT2D eigenvalue weighted by Crippen LogP contribution is 2.14. The third-order valence-corrected chi connectivity index (χ3v) is 2.14. The van der Waals surface area contributed by atoms with Crippen molar-refractivity contribution in [2.75, 3.05) is 5.32 Å². The summed E-state index contributed by atoms with van der Waals surface area (Å²) in [5, 5.41) is 11.6. The van der Waals surface area contributed by atoms with E-state index in [1.54, 1.807) is 0 Å². The second-order valence-electron chi connectivity index (χ2n) is 2.97. The van der Waals surface area contributed by atoms with Crippen molar-refractivity contribution in [3.8, 4) is 12.3 Å². The number of nitrogens with zero attached hydrogens (tertiary/aromatic N) is 2. The van der Waals surface area contributed by atoms with Crippen LogP contribution < -0.4 is 5.32 Å². The summed E-state index contributed by atoms with van der Waals surface area (Å²) in [7, 11) is 0. The molecule has 0 aliphatic heterocycles. The highest BCUT2D eigenvalue weighted by molar-refractivity contribution is 6.33. The van der Waals surface area contributed by atoms with Crippen molar-refractivity contribution in [2.24, 2.45) is 0 Å². The number of carbonyl (C=O) groups is 1. The first kappa shape index (κ1) is 12.3. The SMILES string of the molecule is C#CC(CC)Nc1ncc(Cl)c(C(=O)O)n1. The highest BCUT2D eigenvalue weighted by atomic mass is 35.5. The van der Waals surface area contributed by atoms with E-state index in [4.69, 9.17) is 23.1 Å². The Morgan fingerprint density at radius 2 is 2.50 bits per heavy atom. The van der Waals surface area contributed by atoms with Gasteiger partial charge in [0.05, 0.1) is 17.3 Å². The Bertz CT molecular complexity index is 442. The molecule has 0 saturated carbocycles. The number of anilines is 1. The minimum absolute atomic E-state index is 0.00759. The number of rotatable bonds is 4. The standard InChI is InChI=1S/C10H10ClN3O2/c1-3-6(4-2)13-10-12-5-7(11)8(14-10)9(15)16/h1,5-6H,4H2,2H3,(H,15,16)(H,12,13,14). The summed E-state index contributed by atoms with van der Waals surface area (Å²) < 4.78 is 0. The second kappa shape index (κ2) is 5.33. The molecule has 16 heavy (non-hydrogen) atoms. The molecule has 84 valence electrons. The van der Waals surface area contributed by atoms with Crippen LogP contribution >= 0.6 is 11.6 Å². The van der Waals surface area contributed by atoms with Gasteiger partial charge in [0.1, 0.15) is 0 Å². The zero-order chi connectivity index (χ0) is 12.1. The molecule has 1 heterocycles. The summed E-state index contributed by atoms with van der Waals surface area (Å²) in [5.41, 5.74) is -0.244. The lowest BCUT2D eigenvalue weighted by molar-refractivity contribution is 0.0690. The number of aromatic nitrogens is 2. The Hall–Kier alpha value is -1.80. The van der Waals surface area contributed by atoms with Crippen LogP contribution in [0.2, 0.25) is 5.02 Å². The predicted octanol–water partition coefficient (Wildman–Crippen LogP) is 1.65. The maximum atomic E-state index is 10.8. The molecule has 1 aromatic heterocycles. The molecule has 0 aliphatic carbocycles. The molecule has 0 amide bonds. The summed E-state index contributed by atoms with van der Waals surface area (Å²) in [6.07, 6.45) is 7.16. The molecule has 1 aromatic rings. The molecule has 0 fully saturated rings. The van der Waals surface area contributed by atoms with Crippen LogP contribution in [0.25, 0.3) is 0 Å². The van der Waals surface area contributed by atoms with Gasteiger partial charge in [-0.05, 0) is 6.42 Å². The quantitative estimate of drug-likeness (QED) is 0.782. The van der Waals surface area contributed by atoms with Crippen LogP contribution in [0, 0.1) is 12.3 Å². The van der Waals surface area contributed by atoms with Gasteiger partial charge in [-0.3, -0.25) is 0 Å². The number of nitrogens with one attached hydrogen (secondary N) is 1. The lowest BCUT2D eigenvalue weighted by atomic mass is 10.2. The van der Waals surface area contributed by atoms with Crippen molar-refractivity contribution in [1.29, 1.82) is 0 Å². The van der Waals surface area contributed by atoms with Crippen molar-refractivity contribution >= 4 is 23.5 Å². The minimum Gasteiger partial charge on any atom is -0.476 e. The molecule has 1 rings (SSSR count). The summed E-state index contributed by atoms with van der Waals surface area (Å²) in [6.45, 7) is 1.89. The Labute approximate surface area is 97.9 Å². The highest BCUT2D eigenvalue weighted by Gasteiger charge is 2.13. The van der Waals surface area contributed by atoms with E-state index in [-0.39, 0.29) is 22.7 Å². The monoisotopic (exact) mass is 239 g/mol. The first-order valence-corrected chi connectivity index (χ1v) is 4.94. The van der Waals surface area contributed by atoms with Gasteiger partial charge < -0.3 is 10.4 Å². The van der Waals surface area contributed by atoms with E-state index in [1.807, 2.05) is 6.92 Å². The predicted molar refractivity (Wildman–Crippen MR) is 60.5 cm³/mol. The lowest BCUT2D eigenvalue weighted by Gasteiger charge is -2.10. The molecule has 0 spiro atoms. The molecule has 0 radical (unpaired) electrons. The number of hydrogen-bond donors (Lipinski definition) is 2. The number of carboxylic acid groups (broad SMARTS) is 1. The van der Waals surface area contributed by atoms with Gasteiger partial charge in [0.15, 0.2) is 5.69 Å². The molecule has 5 nitrogen and oxygen atoms in total. The van der Waals surface area contributed by atoms with Crippen molar-refractivity contribution in [3.63, 3.8) is 0 Å². The van der Waals surface area contributed by atoms with Gasteiger partial charge in [0.2, 0.25) is 5.95 Å². The zero-order valence-corrected chi connectivity index (χ0v) is 9.32. The Morgan fingerprint density at radius 1 is 1.81 bits per heavy atom. The van der Waals surface area contributed by atoms with Crippen molar-refractivity contribution in [1.82, 2.24) is 9.97 Å². The topological polar surface area (TPSA) is 75.1 Å². The van der Waals surface area contributed by atoms with Crippen LogP contribution in [0.3, 0.4) is 0 Å². The van der Waals surface area contributed by atoms with Gasteiger partial charge in [0.25, 0.3) is 0 Å². The zero-order valence-electron chi connectivity index (χ0n) is 8.57. The van der Waals surface area contributed by atoms with E-state index in [1.165, 1.54) is 6.20 Å². The normalized spacial score (nSPS) is 11.6. The molecule has 2 N–H and O–H groups in total. The summed E-state index contributed by atoms with van der Waals surface area (Å²) in [6, 6.07) is -0.233. The molecule has 0 aliphatic rings. The van der Waals surface area contributed by atoms with Crippen molar-refractivity contribution in [2.45, 2.75) is 19.4 Å². The van der Waals surface area contributed by atoms with Crippen LogP contribution in [-0.2, 0) is 0 Å². The van der Waals surface area contributed by atoms with E-state index in [2.05, 4.69) is 21.2 Å². The minimum atomic E-state index is -1.20. The van der Waals surface area contributed by atoms with Crippen LogP contribution in [0.4, 0.5) is 5.95 Å². The maximum absolute atomic E-state index is 10.8. The molecule has 0 saturated heterocycles. The third-order valence-electron chi connectivity index (χ3n) is 1.86. The van der Waals surface area contributed by atoms with Gasteiger partial charge in [-0.15, -0.1) is 6.42 Å². The first-order valence-electron chi connectivity index (χ1n) is 4.57. The second-order valence-corrected chi connectivity index (χ2v) is 3.37. The smallest absolute Gasteiger partial charge is 0.356 e. The Balaban J connectivity index is 2.96. The van der Waals surface area contributed by atoms with E-state index in [0.29, 0.717) is 6.42 Å². The van der Waals surface area contributed by atoms with E-state index >= 15 is 0 Å². The largest absolute Gasteiger partial charge is 0.476 e. The van der Waals surface area contributed by atoms with Crippen molar-refractivity contribution in [3.05, 3.63) is 16.9 Å². The first-order chi connectivity index (χ1) is 7.58. The van der Waals surface area contributed by atoms with Crippen LogP contribution in [0.15, 0.2) is 6.20 Å². The van der Waals surface area contributed by atoms with Gasteiger partial charge in [-0.2, -0.15) is 0 Å². The van der Waals surface area contributed by atoms with E-state index in [0.717, 1.165) is 0 Å². The average Bonchev–Trinajstić information content (AvgIpc) is 2.27. The van der Waals surface area contributed by atoms with Crippen LogP contribution in [-0.4, -0.2) is 27.1 Å². The Morgan fingerprint density at radius 3 is 3.00 bits per heavy atom. The van der Waals surface area contributed by atoms with Crippen molar-refractivity contribution < 1.29 is 9.90 Å². The number of carboxylic acids is 1. The fourth-order valence-corrected chi connectivity index (χ4v) is 1.18. The maximum Gasteiger partial charge on any atom is 0.356 e. The summed E-state index contributed by atoms with van der Waals surface area (Å²) in [4.78, 5) is 18.4. The van der Waals surface area contributed by atoms with Gasteiger partial charge in [-0.25, -0.2) is 14.8 Å². The van der Waals surface area contributed by atoms with Gasteiger partial charge in [0, 0.05) is 0 Å². The number of aromatic carboxylic acids is 1. The molecule has 1 atom stereocenters. The lowest BCUT2D eigenvalue weighted by Crippen LogP contribution is -2.18. The summed E-state index contributed by atoms with van der Waals surface area (Å²) in [5.74, 6) is 1.45.